The molecule has 21 heavy (non-hydrogen) atoms. The molecule has 4 nitrogen and oxygen atoms in total. The fourth-order valence-corrected chi connectivity index (χ4v) is 3.04. The number of amides is 2. The first-order valence-electron chi connectivity index (χ1n) is 8.23. The number of rotatable bonds is 5. The third-order valence-corrected chi connectivity index (χ3v) is 4.30. The van der Waals surface area contributed by atoms with Gasteiger partial charge in [0.25, 0.3) is 0 Å². The van der Waals surface area contributed by atoms with E-state index in [1.54, 1.807) is 0 Å². The monoisotopic (exact) mass is 296 g/mol. The molecular weight excluding hydrogens is 264 g/mol. The van der Waals surface area contributed by atoms with Gasteiger partial charge in [0, 0.05) is 6.04 Å². The van der Waals surface area contributed by atoms with E-state index in [0.717, 1.165) is 19.3 Å². The Bertz CT molecular complexity index is 385. The lowest BCUT2D eigenvalue weighted by Gasteiger charge is -2.47. The second kappa shape index (κ2) is 6.80. The number of unbranched alkanes of at least 4 members (excludes halogenated alkanes) is 1. The summed E-state index contributed by atoms with van der Waals surface area (Å²) >= 11 is 0. The summed E-state index contributed by atoms with van der Waals surface area (Å²) in [6.45, 7) is 14.2. The average Bonchev–Trinajstić information content (AvgIpc) is 2.35. The van der Waals surface area contributed by atoms with Crippen molar-refractivity contribution < 1.29 is 9.59 Å². The summed E-state index contributed by atoms with van der Waals surface area (Å²) in [4.78, 5) is 27.3. The van der Waals surface area contributed by atoms with E-state index >= 15 is 0 Å². The molecule has 0 bridgehead atoms. The van der Waals surface area contributed by atoms with E-state index in [9.17, 15) is 9.59 Å². The molecule has 0 aromatic heterocycles. The fourth-order valence-electron chi connectivity index (χ4n) is 3.04. The lowest BCUT2D eigenvalue weighted by atomic mass is 9.82. The van der Waals surface area contributed by atoms with Gasteiger partial charge in [-0.1, -0.05) is 54.4 Å². The van der Waals surface area contributed by atoms with Crippen molar-refractivity contribution in [2.45, 2.75) is 85.9 Å². The molecule has 3 atom stereocenters. The van der Waals surface area contributed by atoms with E-state index in [1.807, 2.05) is 39.5 Å². The average molecular weight is 296 g/mol. The first kappa shape index (κ1) is 18.0. The van der Waals surface area contributed by atoms with E-state index in [2.05, 4.69) is 19.2 Å². The van der Waals surface area contributed by atoms with Crippen LogP contribution < -0.4 is 5.32 Å². The van der Waals surface area contributed by atoms with Crippen LogP contribution in [0.5, 0.6) is 0 Å². The number of carbonyl (C=O) groups is 2. The highest BCUT2D eigenvalue weighted by Crippen LogP contribution is 2.29. The third-order valence-electron chi connectivity index (χ3n) is 4.30. The molecule has 0 radical (unpaired) electrons. The first-order valence-corrected chi connectivity index (χ1v) is 8.23. The van der Waals surface area contributed by atoms with Crippen LogP contribution in [-0.2, 0) is 9.59 Å². The minimum Gasteiger partial charge on any atom is -0.342 e. The minimum atomic E-state index is -0.427. The molecule has 0 aliphatic carbocycles. The van der Waals surface area contributed by atoms with E-state index in [0.29, 0.717) is 0 Å². The smallest absolute Gasteiger partial charge is 0.246 e. The maximum atomic E-state index is 12.9. The molecule has 1 N–H and O–H groups in total. The van der Waals surface area contributed by atoms with Crippen molar-refractivity contribution in [1.29, 1.82) is 0 Å². The summed E-state index contributed by atoms with van der Waals surface area (Å²) < 4.78 is 0. The van der Waals surface area contributed by atoms with E-state index in [-0.39, 0.29) is 35.2 Å². The van der Waals surface area contributed by atoms with Crippen LogP contribution in [0.3, 0.4) is 0 Å². The normalized spacial score (nSPS) is 25.2. The van der Waals surface area contributed by atoms with Crippen LogP contribution in [-0.4, -0.2) is 34.8 Å². The Morgan fingerprint density at radius 1 is 1.19 bits per heavy atom. The molecule has 122 valence electrons. The zero-order valence-electron chi connectivity index (χ0n) is 14.7. The molecule has 0 saturated carbocycles. The Balaban J connectivity index is 3.09. The van der Waals surface area contributed by atoms with Gasteiger partial charge in [-0.15, -0.1) is 0 Å². The Hall–Kier alpha value is -1.06. The number of piperazine rings is 1. The van der Waals surface area contributed by atoms with Crippen LogP contribution in [0, 0.1) is 11.3 Å². The topological polar surface area (TPSA) is 49.4 Å². The highest BCUT2D eigenvalue weighted by atomic mass is 16.2. The number of nitrogens with one attached hydrogen (secondary N) is 1. The molecule has 1 heterocycles. The maximum absolute atomic E-state index is 12.9. The molecule has 1 aliphatic rings. The predicted molar refractivity (Wildman–Crippen MR) is 85.8 cm³/mol. The minimum absolute atomic E-state index is 0.00660. The van der Waals surface area contributed by atoms with Gasteiger partial charge in [0.1, 0.15) is 12.1 Å². The lowest BCUT2D eigenvalue weighted by molar-refractivity contribution is -0.157. The summed E-state index contributed by atoms with van der Waals surface area (Å²) in [7, 11) is 0. The second-order valence-electron chi connectivity index (χ2n) is 7.73. The molecule has 0 aromatic carbocycles. The third kappa shape index (κ3) is 3.98. The zero-order chi connectivity index (χ0) is 16.4. The van der Waals surface area contributed by atoms with Crippen molar-refractivity contribution in [3.05, 3.63) is 0 Å². The molecule has 1 aliphatic heterocycles. The summed E-state index contributed by atoms with van der Waals surface area (Å²) in [5.74, 6) is 0.191. The Kier molecular flexibility index (Phi) is 5.83. The van der Waals surface area contributed by atoms with Gasteiger partial charge >= 0.3 is 0 Å². The van der Waals surface area contributed by atoms with Crippen molar-refractivity contribution in [2.24, 2.45) is 11.3 Å². The molecule has 4 heteroatoms. The number of carbonyl (C=O) groups excluding carboxylic acids is 2. The Labute approximate surface area is 129 Å². The van der Waals surface area contributed by atoms with Crippen LogP contribution in [0.25, 0.3) is 0 Å². The summed E-state index contributed by atoms with van der Waals surface area (Å²) in [6.07, 6.45) is 3.14. The van der Waals surface area contributed by atoms with Crippen molar-refractivity contribution in [2.75, 3.05) is 0 Å². The molecule has 0 aromatic rings. The van der Waals surface area contributed by atoms with Gasteiger partial charge in [-0.05, 0) is 24.7 Å². The molecular formula is C17H32N2O2. The van der Waals surface area contributed by atoms with Crippen molar-refractivity contribution in [3.63, 3.8) is 0 Å². The standard InChI is InChI=1S/C17H32N2O2/c1-8-9-10-12(4)19-13(11(2)3)15(20)18-14(16(19)21)17(5,6)7/h11-14H,8-10H2,1-7H3,(H,18,20). The SMILES string of the molecule is CCCCC(C)N1C(=O)C(C(C)(C)C)NC(=O)C1C(C)C. The van der Waals surface area contributed by atoms with Crippen LogP contribution in [0.2, 0.25) is 0 Å². The lowest BCUT2D eigenvalue weighted by Crippen LogP contribution is -2.69. The Morgan fingerprint density at radius 2 is 1.76 bits per heavy atom. The summed E-state index contributed by atoms with van der Waals surface area (Å²) in [5, 5.41) is 2.95. The van der Waals surface area contributed by atoms with E-state index in [1.165, 1.54) is 0 Å². The van der Waals surface area contributed by atoms with Gasteiger partial charge in [0.2, 0.25) is 11.8 Å². The summed E-state index contributed by atoms with van der Waals surface area (Å²) in [6, 6.07) is -0.659. The number of hydrogen-bond acceptors (Lipinski definition) is 2. The van der Waals surface area contributed by atoms with Gasteiger partial charge in [0.15, 0.2) is 0 Å². The molecule has 0 spiro atoms. The maximum Gasteiger partial charge on any atom is 0.246 e. The van der Waals surface area contributed by atoms with Gasteiger partial charge in [-0.2, -0.15) is 0 Å². The quantitative estimate of drug-likeness (QED) is 0.848. The van der Waals surface area contributed by atoms with Crippen LogP contribution in [0.15, 0.2) is 0 Å². The number of nitrogens with zero attached hydrogens (tertiary/aromatic N) is 1. The Morgan fingerprint density at radius 3 is 2.19 bits per heavy atom. The molecule has 1 fully saturated rings. The molecule has 1 saturated heterocycles. The second-order valence-corrected chi connectivity index (χ2v) is 7.73. The van der Waals surface area contributed by atoms with E-state index in [4.69, 9.17) is 0 Å². The largest absolute Gasteiger partial charge is 0.342 e. The van der Waals surface area contributed by atoms with Crippen molar-refractivity contribution in [1.82, 2.24) is 10.2 Å². The highest BCUT2D eigenvalue weighted by molar-refractivity contribution is 5.97. The van der Waals surface area contributed by atoms with Crippen LogP contribution >= 0.6 is 0 Å². The van der Waals surface area contributed by atoms with Gasteiger partial charge in [-0.3, -0.25) is 9.59 Å². The van der Waals surface area contributed by atoms with E-state index < -0.39 is 6.04 Å². The highest BCUT2D eigenvalue weighted by Gasteiger charge is 2.47. The van der Waals surface area contributed by atoms with Crippen LogP contribution in [0.4, 0.5) is 0 Å². The first-order chi connectivity index (χ1) is 9.61. The fraction of sp³-hybridized carbons (Fsp3) is 0.882. The zero-order valence-corrected chi connectivity index (χ0v) is 14.7. The van der Waals surface area contributed by atoms with Crippen LogP contribution in [0.1, 0.15) is 67.7 Å². The van der Waals surface area contributed by atoms with Gasteiger partial charge < -0.3 is 10.2 Å². The predicted octanol–water partition coefficient (Wildman–Crippen LogP) is 2.96. The molecule has 2 amide bonds. The molecule has 1 rings (SSSR count). The van der Waals surface area contributed by atoms with Gasteiger partial charge in [0.05, 0.1) is 0 Å². The molecule has 3 unspecified atom stereocenters. The van der Waals surface area contributed by atoms with Crippen molar-refractivity contribution in [3.8, 4) is 0 Å². The van der Waals surface area contributed by atoms with Gasteiger partial charge in [-0.25, -0.2) is 0 Å². The van der Waals surface area contributed by atoms with Crippen molar-refractivity contribution >= 4 is 11.8 Å². The number of hydrogen-bond donors (Lipinski definition) is 1. The summed E-state index contributed by atoms with van der Waals surface area (Å²) in [5.41, 5.74) is -0.266.